The molecule has 0 bridgehead atoms. The average molecular weight is 469 g/mol. The third-order valence-electron chi connectivity index (χ3n) is 5.48. The highest BCUT2D eigenvalue weighted by atomic mass is 16.5. The minimum absolute atomic E-state index is 0.230. The minimum Gasteiger partial charge on any atom is -0.465 e. The summed E-state index contributed by atoms with van der Waals surface area (Å²) in [6.07, 6.45) is 0. The molecule has 7 nitrogen and oxygen atoms in total. The fourth-order valence-corrected chi connectivity index (χ4v) is 3.55. The molecule has 0 unspecified atom stereocenters. The normalized spacial score (nSPS) is 10.6. The van der Waals surface area contributed by atoms with Crippen LogP contribution in [0.25, 0.3) is 22.2 Å². The van der Waals surface area contributed by atoms with Crippen LogP contribution in [0.15, 0.2) is 78.9 Å². The second kappa shape index (κ2) is 10.6. The highest BCUT2D eigenvalue weighted by Crippen LogP contribution is 2.25. The van der Waals surface area contributed by atoms with E-state index in [1.165, 1.54) is 7.11 Å². The van der Waals surface area contributed by atoms with E-state index in [1.807, 2.05) is 49.4 Å². The molecule has 1 aromatic heterocycles. The first-order valence-electron chi connectivity index (χ1n) is 11.0. The van der Waals surface area contributed by atoms with Gasteiger partial charge in [-0.2, -0.15) is 0 Å². The maximum atomic E-state index is 12.9. The number of aryl methyl sites for hydroxylation is 1. The van der Waals surface area contributed by atoms with Gasteiger partial charge in [-0.15, -0.1) is 0 Å². The lowest BCUT2D eigenvalue weighted by atomic mass is 10.0. The number of esters is 2. The molecule has 0 spiro atoms. The number of amides is 1. The number of carbonyl (C=O) groups excluding carboxylic acids is 3. The first kappa shape index (κ1) is 23.6. The lowest BCUT2D eigenvalue weighted by Crippen LogP contribution is -2.28. The van der Waals surface area contributed by atoms with Crippen molar-refractivity contribution < 1.29 is 23.9 Å². The molecule has 3 aromatic carbocycles. The molecule has 0 saturated carbocycles. The lowest BCUT2D eigenvalue weighted by Gasteiger charge is -2.11. The van der Waals surface area contributed by atoms with E-state index in [0.29, 0.717) is 27.7 Å². The molecule has 4 aromatic rings. The number of hydrogen-bond acceptors (Lipinski definition) is 6. The van der Waals surface area contributed by atoms with E-state index in [0.717, 1.165) is 16.7 Å². The lowest BCUT2D eigenvalue weighted by molar-refractivity contribution is -0.124. The maximum Gasteiger partial charge on any atom is 0.339 e. The molecular formula is C28H24N2O5. The summed E-state index contributed by atoms with van der Waals surface area (Å²) in [5.74, 6) is -1.47. The van der Waals surface area contributed by atoms with Crippen LogP contribution in [0, 0.1) is 6.92 Å². The SMILES string of the molecule is COC(=O)c1ccc(CNC(=O)COC(=O)c2cc(-c3ccc(C)cc3)nc3ccccc23)cc1. The first-order chi connectivity index (χ1) is 16.9. The van der Waals surface area contributed by atoms with Crippen LogP contribution < -0.4 is 5.32 Å². The Morgan fingerprint density at radius 2 is 1.60 bits per heavy atom. The van der Waals surface area contributed by atoms with Crippen LogP contribution in [0.5, 0.6) is 0 Å². The fraction of sp³-hybridized carbons (Fsp3) is 0.143. The Bertz CT molecular complexity index is 1380. The Morgan fingerprint density at radius 3 is 2.31 bits per heavy atom. The van der Waals surface area contributed by atoms with Gasteiger partial charge in [0.25, 0.3) is 5.91 Å². The number of nitrogens with one attached hydrogen (secondary N) is 1. The number of carbonyl (C=O) groups is 3. The summed E-state index contributed by atoms with van der Waals surface area (Å²) in [6, 6.07) is 23.5. The highest BCUT2D eigenvalue weighted by molar-refractivity contribution is 6.05. The van der Waals surface area contributed by atoms with E-state index >= 15 is 0 Å². The van der Waals surface area contributed by atoms with Crippen molar-refractivity contribution in [2.24, 2.45) is 0 Å². The molecule has 0 aliphatic carbocycles. The van der Waals surface area contributed by atoms with Gasteiger partial charge in [0.15, 0.2) is 6.61 Å². The average Bonchev–Trinajstić information content (AvgIpc) is 2.90. The Kier molecular flexibility index (Phi) is 7.16. The van der Waals surface area contributed by atoms with Crippen molar-refractivity contribution in [3.63, 3.8) is 0 Å². The van der Waals surface area contributed by atoms with Gasteiger partial charge < -0.3 is 14.8 Å². The van der Waals surface area contributed by atoms with Crippen LogP contribution in [0.4, 0.5) is 0 Å². The van der Waals surface area contributed by atoms with Crippen molar-refractivity contribution in [1.29, 1.82) is 0 Å². The summed E-state index contributed by atoms with van der Waals surface area (Å²) >= 11 is 0. The number of methoxy groups -OCH3 is 1. The third-order valence-corrected chi connectivity index (χ3v) is 5.48. The molecule has 0 aliphatic rings. The van der Waals surface area contributed by atoms with Gasteiger partial charge in [0.1, 0.15) is 0 Å². The summed E-state index contributed by atoms with van der Waals surface area (Å²) in [6.45, 7) is 1.81. The molecule has 0 radical (unpaired) electrons. The molecule has 0 saturated heterocycles. The van der Waals surface area contributed by atoms with Crippen molar-refractivity contribution in [3.05, 3.63) is 101 Å². The van der Waals surface area contributed by atoms with Crippen LogP contribution in [0.1, 0.15) is 31.8 Å². The molecule has 1 N–H and O–H groups in total. The Labute approximate surface area is 202 Å². The molecule has 35 heavy (non-hydrogen) atoms. The van der Waals surface area contributed by atoms with Crippen LogP contribution in [0.3, 0.4) is 0 Å². The number of ether oxygens (including phenoxy) is 2. The molecule has 7 heteroatoms. The molecule has 1 heterocycles. The summed E-state index contributed by atoms with van der Waals surface area (Å²) in [5, 5.41) is 3.36. The standard InChI is InChI=1S/C28H24N2O5/c1-18-7-11-20(12-8-18)25-15-23(22-5-3-4-6-24(22)30-25)28(33)35-17-26(31)29-16-19-9-13-21(14-10-19)27(32)34-2/h3-15H,16-17H2,1-2H3,(H,29,31). The van der Waals surface area contributed by atoms with E-state index in [2.05, 4.69) is 15.0 Å². The van der Waals surface area contributed by atoms with E-state index in [1.54, 1.807) is 36.4 Å². The zero-order chi connectivity index (χ0) is 24.8. The number of aromatic nitrogens is 1. The van der Waals surface area contributed by atoms with E-state index in [-0.39, 0.29) is 6.54 Å². The minimum atomic E-state index is -0.602. The summed E-state index contributed by atoms with van der Waals surface area (Å²) < 4.78 is 9.99. The van der Waals surface area contributed by atoms with Gasteiger partial charge in [0.05, 0.1) is 29.4 Å². The zero-order valence-corrected chi connectivity index (χ0v) is 19.4. The van der Waals surface area contributed by atoms with E-state index in [9.17, 15) is 14.4 Å². The smallest absolute Gasteiger partial charge is 0.339 e. The Hall–Kier alpha value is -4.52. The predicted octanol–water partition coefficient (Wildman–Crippen LogP) is 4.47. The highest BCUT2D eigenvalue weighted by Gasteiger charge is 2.16. The number of para-hydroxylation sites is 1. The predicted molar refractivity (Wildman–Crippen MR) is 132 cm³/mol. The van der Waals surface area contributed by atoms with Crippen molar-refractivity contribution in [3.8, 4) is 11.3 Å². The van der Waals surface area contributed by atoms with Crippen LogP contribution in [-0.4, -0.2) is 36.5 Å². The quantitative estimate of drug-likeness (QED) is 0.402. The first-order valence-corrected chi connectivity index (χ1v) is 11.0. The van der Waals surface area contributed by atoms with Crippen molar-refractivity contribution in [1.82, 2.24) is 10.3 Å². The number of benzene rings is 3. The monoisotopic (exact) mass is 468 g/mol. The number of pyridine rings is 1. The van der Waals surface area contributed by atoms with Crippen molar-refractivity contribution in [2.75, 3.05) is 13.7 Å². The third kappa shape index (κ3) is 5.70. The summed E-state index contributed by atoms with van der Waals surface area (Å²) in [5.41, 5.74) is 4.88. The Balaban J connectivity index is 1.43. The van der Waals surface area contributed by atoms with Gasteiger partial charge in [-0.1, -0.05) is 60.2 Å². The number of fused-ring (bicyclic) bond motifs is 1. The molecular weight excluding hydrogens is 444 g/mol. The number of rotatable bonds is 7. The fourth-order valence-electron chi connectivity index (χ4n) is 3.55. The second-order valence-corrected chi connectivity index (χ2v) is 7.98. The van der Waals surface area contributed by atoms with E-state index in [4.69, 9.17) is 4.74 Å². The molecule has 0 aliphatic heterocycles. The molecule has 4 rings (SSSR count). The molecule has 176 valence electrons. The van der Waals surface area contributed by atoms with Gasteiger partial charge in [-0.3, -0.25) is 4.79 Å². The summed E-state index contributed by atoms with van der Waals surface area (Å²) in [7, 11) is 1.32. The zero-order valence-electron chi connectivity index (χ0n) is 19.4. The summed E-state index contributed by atoms with van der Waals surface area (Å²) in [4.78, 5) is 41.4. The topological polar surface area (TPSA) is 94.6 Å². The van der Waals surface area contributed by atoms with Crippen molar-refractivity contribution in [2.45, 2.75) is 13.5 Å². The van der Waals surface area contributed by atoms with Crippen LogP contribution in [-0.2, 0) is 20.8 Å². The number of hydrogen-bond donors (Lipinski definition) is 1. The van der Waals surface area contributed by atoms with Crippen LogP contribution >= 0.6 is 0 Å². The van der Waals surface area contributed by atoms with Gasteiger partial charge in [0, 0.05) is 17.5 Å². The van der Waals surface area contributed by atoms with Crippen LogP contribution in [0.2, 0.25) is 0 Å². The number of nitrogens with zero attached hydrogens (tertiary/aromatic N) is 1. The largest absolute Gasteiger partial charge is 0.465 e. The van der Waals surface area contributed by atoms with Gasteiger partial charge in [-0.05, 0) is 36.8 Å². The molecule has 1 amide bonds. The maximum absolute atomic E-state index is 12.9. The molecule has 0 fully saturated rings. The van der Waals surface area contributed by atoms with Gasteiger partial charge in [0.2, 0.25) is 0 Å². The van der Waals surface area contributed by atoms with E-state index < -0.39 is 24.5 Å². The molecule has 0 atom stereocenters. The Morgan fingerprint density at radius 1 is 0.886 bits per heavy atom. The van der Waals surface area contributed by atoms with Gasteiger partial charge in [-0.25, -0.2) is 14.6 Å². The van der Waals surface area contributed by atoms with Crippen molar-refractivity contribution >= 4 is 28.7 Å². The van der Waals surface area contributed by atoms with Gasteiger partial charge >= 0.3 is 11.9 Å². The second-order valence-electron chi connectivity index (χ2n) is 7.98.